The van der Waals surface area contributed by atoms with Crippen molar-refractivity contribution in [3.63, 3.8) is 0 Å². The standard InChI is InChI=1S/C17H13N9O4S/c1-9-6-7-31-12(9)8-19-21-17(27)13-14(10-2-4-11(5-3-10)26(28)29)25(24-20-13)16-15(18)22-30-23-16/h2-8H,1H3,(H2,18,22)(H,21,27)/b19-8-. The van der Waals surface area contributed by atoms with Crippen molar-refractivity contribution in [2.45, 2.75) is 6.92 Å². The molecule has 0 atom stereocenters. The van der Waals surface area contributed by atoms with Gasteiger partial charge in [-0.15, -0.1) is 16.4 Å². The van der Waals surface area contributed by atoms with Crippen molar-refractivity contribution in [1.82, 2.24) is 30.7 Å². The molecule has 3 aromatic heterocycles. The van der Waals surface area contributed by atoms with Gasteiger partial charge < -0.3 is 5.73 Å². The number of nitrogens with one attached hydrogen (secondary N) is 1. The first-order valence-electron chi connectivity index (χ1n) is 8.62. The molecule has 3 N–H and O–H groups in total. The van der Waals surface area contributed by atoms with Crippen molar-refractivity contribution < 1.29 is 14.3 Å². The number of aryl methyl sites for hydroxylation is 1. The minimum atomic E-state index is -0.653. The summed E-state index contributed by atoms with van der Waals surface area (Å²) in [7, 11) is 0. The van der Waals surface area contributed by atoms with Gasteiger partial charge in [0.25, 0.3) is 11.6 Å². The molecule has 156 valence electrons. The van der Waals surface area contributed by atoms with Crippen LogP contribution in [-0.2, 0) is 0 Å². The first-order valence-corrected chi connectivity index (χ1v) is 9.50. The minimum Gasteiger partial charge on any atom is -0.378 e. The summed E-state index contributed by atoms with van der Waals surface area (Å²) >= 11 is 1.48. The average Bonchev–Trinajstić information content (AvgIpc) is 3.48. The number of anilines is 1. The Morgan fingerprint density at radius 3 is 2.71 bits per heavy atom. The number of amides is 1. The molecule has 4 rings (SSSR count). The first kappa shape index (κ1) is 19.8. The summed E-state index contributed by atoms with van der Waals surface area (Å²) in [5.41, 5.74) is 9.53. The molecule has 0 unspecified atom stereocenters. The fourth-order valence-electron chi connectivity index (χ4n) is 2.64. The number of nitrogens with zero attached hydrogens (tertiary/aromatic N) is 7. The van der Waals surface area contributed by atoms with E-state index in [0.717, 1.165) is 15.1 Å². The number of thiophene rings is 1. The lowest BCUT2D eigenvalue weighted by molar-refractivity contribution is -0.384. The quantitative estimate of drug-likeness (QED) is 0.258. The summed E-state index contributed by atoms with van der Waals surface area (Å²) in [6.45, 7) is 1.92. The molecule has 14 heteroatoms. The van der Waals surface area contributed by atoms with Gasteiger partial charge in [-0.05, 0) is 46.4 Å². The number of aromatic nitrogens is 5. The van der Waals surface area contributed by atoms with Gasteiger partial charge in [0, 0.05) is 22.6 Å². The molecule has 13 nitrogen and oxygen atoms in total. The van der Waals surface area contributed by atoms with E-state index in [0.29, 0.717) is 5.56 Å². The largest absolute Gasteiger partial charge is 0.378 e. The third-order valence-electron chi connectivity index (χ3n) is 4.18. The van der Waals surface area contributed by atoms with Gasteiger partial charge in [0.1, 0.15) is 5.69 Å². The van der Waals surface area contributed by atoms with Crippen LogP contribution in [0.5, 0.6) is 0 Å². The third kappa shape index (κ3) is 3.86. The zero-order valence-electron chi connectivity index (χ0n) is 15.8. The van der Waals surface area contributed by atoms with Crippen LogP contribution in [0, 0.1) is 17.0 Å². The highest BCUT2D eigenvalue weighted by Crippen LogP contribution is 2.28. The number of nitrogen functional groups attached to an aromatic ring is 1. The molecule has 1 amide bonds. The van der Waals surface area contributed by atoms with Crippen LogP contribution < -0.4 is 11.2 Å². The second-order valence-electron chi connectivity index (χ2n) is 6.14. The normalized spacial score (nSPS) is 11.1. The van der Waals surface area contributed by atoms with Crippen LogP contribution in [0.15, 0.2) is 45.4 Å². The van der Waals surface area contributed by atoms with E-state index in [1.165, 1.54) is 41.8 Å². The number of hydrogen-bond acceptors (Lipinski definition) is 11. The van der Waals surface area contributed by atoms with E-state index in [1.807, 2.05) is 18.4 Å². The highest BCUT2D eigenvalue weighted by Gasteiger charge is 2.25. The fourth-order valence-corrected chi connectivity index (χ4v) is 3.43. The van der Waals surface area contributed by atoms with Crippen molar-refractivity contribution in [3.8, 4) is 17.1 Å². The number of nitro benzene ring substituents is 1. The molecule has 0 radical (unpaired) electrons. The predicted molar refractivity (Wildman–Crippen MR) is 110 cm³/mol. The van der Waals surface area contributed by atoms with E-state index in [1.54, 1.807) is 0 Å². The van der Waals surface area contributed by atoms with Gasteiger partial charge >= 0.3 is 0 Å². The van der Waals surface area contributed by atoms with E-state index in [-0.39, 0.29) is 28.7 Å². The van der Waals surface area contributed by atoms with Gasteiger partial charge in [0.2, 0.25) is 11.6 Å². The van der Waals surface area contributed by atoms with Gasteiger partial charge in [-0.3, -0.25) is 14.9 Å². The third-order valence-corrected chi connectivity index (χ3v) is 5.14. The van der Waals surface area contributed by atoms with Crippen molar-refractivity contribution in [3.05, 3.63) is 62.0 Å². The van der Waals surface area contributed by atoms with E-state index in [2.05, 4.69) is 35.8 Å². The summed E-state index contributed by atoms with van der Waals surface area (Å²) in [5, 5.41) is 31.8. The number of nitro groups is 1. The van der Waals surface area contributed by atoms with Crippen LogP contribution in [0.1, 0.15) is 20.9 Å². The van der Waals surface area contributed by atoms with Crippen molar-refractivity contribution in [2.24, 2.45) is 5.10 Å². The monoisotopic (exact) mass is 439 g/mol. The molecule has 0 spiro atoms. The van der Waals surface area contributed by atoms with Crippen LogP contribution in [-0.4, -0.2) is 42.4 Å². The minimum absolute atomic E-state index is 0.0117. The Hall–Kier alpha value is -4.46. The average molecular weight is 439 g/mol. The van der Waals surface area contributed by atoms with Crippen LogP contribution >= 0.6 is 11.3 Å². The Morgan fingerprint density at radius 2 is 2.10 bits per heavy atom. The second-order valence-corrected chi connectivity index (χ2v) is 7.09. The Labute approximate surface area is 177 Å². The summed E-state index contributed by atoms with van der Waals surface area (Å²) in [6, 6.07) is 7.41. The lowest BCUT2D eigenvalue weighted by Gasteiger charge is -2.05. The van der Waals surface area contributed by atoms with E-state index < -0.39 is 10.8 Å². The molecule has 3 heterocycles. The van der Waals surface area contributed by atoms with Gasteiger partial charge in [0.15, 0.2) is 5.69 Å². The number of non-ortho nitro benzene ring substituents is 1. The molecule has 31 heavy (non-hydrogen) atoms. The first-order chi connectivity index (χ1) is 15.0. The van der Waals surface area contributed by atoms with Crippen molar-refractivity contribution in [2.75, 3.05) is 5.73 Å². The zero-order valence-corrected chi connectivity index (χ0v) is 16.6. The molecule has 1 aromatic carbocycles. The predicted octanol–water partition coefficient (Wildman–Crippen LogP) is 1.94. The highest BCUT2D eigenvalue weighted by molar-refractivity contribution is 7.11. The van der Waals surface area contributed by atoms with Crippen LogP contribution in [0.25, 0.3) is 17.1 Å². The number of hydrogen-bond donors (Lipinski definition) is 2. The maximum absolute atomic E-state index is 12.8. The Kier molecular flexibility index (Phi) is 5.19. The second kappa shape index (κ2) is 8.11. The molecule has 0 aliphatic heterocycles. The van der Waals surface area contributed by atoms with Gasteiger partial charge in [-0.2, -0.15) is 9.78 Å². The lowest BCUT2D eigenvalue weighted by atomic mass is 10.1. The number of hydrazone groups is 1. The van der Waals surface area contributed by atoms with E-state index in [9.17, 15) is 14.9 Å². The molecule has 0 fully saturated rings. The van der Waals surface area contributed by atoms with Crippen LogP contribution in [0.3, 0.4) is 0 Å². The Bertz CT molecular complexity index is 1290. The molecule has 0 saturated carbocycles. The number of rotatable bonds is 6. The summed E-state index contributed by atoms with van der Waals surface area (Å²) < 4.78 is 5.76. The molecule has 0 aliphatic rings. The van der Waals surface area contributed by atoms with Gasteiger partial charge in [0.05, 0.1) is 11.1 Å². The van der Waals surface area contributed by atoms with E-state index in [4.69, 9.17) is 5.73 Å². The van der Waals surface area contributed by atoms with Gasteiger partial charge in [-0.25, -0.2) is 10.1 Å². The Morgan fingerprint density at radius 1 is 1.32 bits per heavy atom. The number of carbonyl (C=O) groups is 1. The highest BCUT2D eigenvalue weighted by atomic mass is 32.1. The van der Waals surface area contributed by atoms with Crippen LogP contribution in [0.2, 0.25) is 0 Å². The molecular formula is C17H13N9O4S. The number of nitrogens with two attached hydrogens (primary N) is 1. The van der Waals surface area contributed by atoms with Gasteiger partial charge in [-0.1, -0.05) is 5.21 Å². The summed E-state index contributed by atoms with van der Waals surface area (Å²) in [4.78, 5) is 24.1. The zero-order chi connectivity index (χ0) is 22.0. The smallest absolute Gasteiger partial charge is 0.294 e. The molecule has 0 bridgehead atoms. The fraction of sp³-hybridized carbons (Fsp3) is 0.0588. The molecule has 0 aliphatic carbocycles. The lowest BCUT2D eigenvalue weighted by Crippen LogP contribution is -2.19. The maximum Gasteiger partial charge on any atom is 0.294 e. The summed E-state index contributed by atoms with van der Waals surface area (Å²) in [6.07, 6.45) is 1.52. The summed E-state index contributed by atoms with van der Waals surface area (Å²) in [5.74, 6) is -0.719. The molecule has 0 saturated heterocycles. The van der Waals surface area contributed by atoms with Crippen LogP contribution in [0.4, 0.5) is 11.5 Å². The topological polar surface area (TPSA) is 180 Å². The molecule has 4 aromatic rings. The molecular weight excluding hydrogens is 426 g/mol. The van der Waals surface area contributed by atoms with Crippen molar-refractivity contribution in [1.29, 1.82) is 0 Å². The number of benzene rings is 1. The SMILES string of the molecule is Cc1ccsc1/C=N\NC(=O)c1nnn(-c2nonc2N)c1-c1ccc([N+](=O)[O-])cc1. The van der Waals surface area contributed by atoms with E-state index >= 15 is 0 Å². The number of carbonyl (C=O) groups excluding carboxylic acids is 1. The van der Waals surface area contributed by atoms with Crippen molar-refractivity contribution >= 4 is 35.0 Å². The maximum atomic E-state index is 12.8. The Balaban J connectivity index is 1.72.